The molecule has 1 saturated heterocycles. The number of carbonyl (C=O) groups is 1. The molecule has 0 saturated carbocycles. The summed E-state index contributed by atoms with van der Waals surface area (Å²) in [5.74, 6) is 0.937. The standard InChI is InChI=1S/C20H23N5O3/c1-27-16-4-3-9-24(12-16)19-17-10-14(20(26)28-2)11-25(17)23-18(22-19)13-5-7-15(21)8-6-13/h5-8,10-11,16H,3-4,9,12,21H2,1-2H3. The first kappa shape index (κ1) is 18.2. The predicted molar refractivity (Wildman–Crippen MR) is 106 cm³/mol. The summed E-state index contributed by atoms with van der Waals surface area (Å²) in [6.45, 7) is 1.61. The first-order valence-corrected chi connectivity index (χ1v) is 9.21. The predicted octanol–water partition coefficient (Wildman–Crippen LogP) is 2.38. The molecule has 4 rings (SSSR count). The molecule has 8 nitrogen and oxygen atoms in total. The van der Waals surface area contributed by atoms with Crippen molar-refractivity contribution in [3.8, 4) is 11.4 Å². The van der Waals surface area contributed by atoms with Crippen LogP contribution < -0.4 is 10.6 Å². The molecule has 3 heterocycles. The van der Waals surface area contributed by atoms with E-state index in [4.69, 9.17) is 20.2 Å². The lowest BCUT2D eigenvalue weighted by atomic mass is 10.1. The van der Waals surface area contributed by atoms with Gasteiger partial charge in [-0.2, -0.15) is 0 Å². The van der Waals surface area contributed by atoms with Crippen molar-refractivity contribution in [3.05, 3.63) is 42.1 Å². The highest BCUT2D eigenvalue weighted by Gasteiger charge is 2.24. The minimum absolute atomic E-state index is 0.152. The maximum absolute atomic E-state index is 12.0. The van der Waals surface area contributed by atoms with Gasteiger partial charge in [-0.15, -0.1) is 5.10 Å². The Morgan fingerprint density at radius 3 is 2.75 bits per heavy atom. The van der Waals surface area contributed by atoms with Crippen molar-refractivity contribution in [2.24, 2.45) is 0 Å². The highest BCUT2D eigenvalue weighted by molar-refractivity contribution is 5.92. The van der Waals surface area contributed by atoms with Gasteiger partial charge in [0.1, 0.15) is 5.52 Å². The summed E-state index contributed by atoms with van der Waals surface area (Å²) in [6, 6.07) is 9.18. The molecule has 0 bridgehead atoms. The summed E-state index contributed by atoms with van der Waals surface area (Å²) in [4.78, 5) is 19.1. The third-order valence-electron chi connectivity index (χ3n) is 5.04. The summed E-state index contributed by atoms with van der Waals surface area (Å²) >= 11 is 0. The number of piperidine rings is 1. The third-order valence-corrected chi connectivity index (χ3v) is 5.04. The second-order valence-corrected chi connectivity index (χ2v) is 6.88. The molecule has 1 unspecified atom stereocenters. The molecule has 2 aromatic heterocycles. The van der Waals surface area contributed by atoms with Crippen molar-refractivity contribution in [1.29, 1.82) is 0 Å². The van der Waals surface area contributed by atoms with Crippen LogP contribution in [0.1, 0.15) is 23.2 Å². The van der Waals surface area contributed by atoms with Gasteiger partial charge in [0, 0.05) is 37.6 Å². The van der Waals surface area contributed by atoms with E-state index >= 15 is 0 Å². The van der Waals surface area contributed by atoms with Gasteiger partial charge in [0.05, 0.1) is 18.8 Å². The van der Waals surface area contributed by atoms with Crippen LogP contribution in [-0.4, -0.2) is 54.0 Å². The van der Waals surface area contributed by atoms with Gasteiger partial charge in [0.2, 0.25) is 0 Å². The van der Waals surface area contributed by atoms with Crippen molar-refractivity contribution in [2.45, 2.75) is 18.9 Å². The Hall–Kier alpha value is -3.13. The summed E-state index contributed by atoms with van der Waals surface area (Å²) in [7, 11) is 3.10. The lowest BCUT2D eigenvalue weighted by Crippen LogP contribution is -2.40. The first-order chi connectivity index (χ1) is 13.6. The highest BCUT2D eigenvalue weighted by Crippen LogP contribution is 2.28. The largest absolute Gasteiger partial charge is 0.465 e. The number of hydrogen-bond acceptors (Lipinski definition) is 7. The number of esters is 1. The molecule has 0 aliphatic carbocycles. The van der Waals surface area contributed by atoms with E-state index in [0.717, 1.165) is 42.8 Å². The Morgan fingerprint density at radius 2 is 2.04 bits per heavy atom. The molecule has 2 N–H and O–H groups in total. The van der Waals surface area contributed by atoms with E-state index in [1.165, 1.54) is 7.11 Å². The van der Waals surface area contributed by atoms with Crippen LogP contribution in [0, 0.1) is 0 Å². The van der Waals surface area contributed by atoms with Crippen molar-refractivity contribution >= 4 is 23.0 Å². The molecule has 0 amide bonds. The number of nitrogen functional groups attached to an aromatic ring is 1. The molecule has 8 heteroatoms. The number of ether oxygens (including phenoxy) is 2. The number of rotatable bonds is 4. The van der Waals surface area contributed by atoms with Crippen LogP contribution in [0.5, 0.6) is 0 Å². The van der Waals surface area contributed by atoms with Crippen molar-refractivity contribution in [1.82, 2.24) is 14.6 Å². The van der Waals surface area contributed by atoms with Crippen LogP contribution in [0.4, 0.5) is 11.5 Å². The Kier molecular flexibility index (Phi) is 4.87. The zero-order valence-corrected chi connectivity index (χ0v) is 16.0. The fraction of sp³-hybridized carbons (Fsp3) is 0.350. The zero-order valence-electron chi connectivity index (χ0n) is 16.0. The zero-order chi connectivity index (χ0) is 19.7. The van der Waals surface area contributed by atoms with Gasteiger partial charge in [0.25, 0.3) is 0 Å². The lowest BCUT2D eigenvalue weighted by Gasteiger charge is -2.33. The van der Waals surface area contributed by atoms with Crippen LogP contribution in [0.2, 0.25) is 0 Å². The molecule has 1 atom stereocenters. The number of anilines is 2. The van der Waals surface area contributed by atoms with E-state index in [1.54, 1.807) is 23.9 Å². The molecule has 28 heavy (non-hydrogen) atoms. The molecule has 3 aromatic rings. The topological polar surface area (TPSA) is 95.0 Å². The summed E-state index contributed by atoms with van der Waals surface area (Å²) in [5, 5.41) is 4.61. The van der Waals surface area contributed by atoms with Gasteiger partial charge in [0.15, 0.2) is 11.6 Å². The minimum atomic E-state index is -0.404. The molecule has 1 aliphatic heterocycles. The Morgan fingerprint density at radius 1 is 1.25 bits per heavy atom. The molecular weight excluding hydrogens is 358 g/mol. The average Bonchev–Trinajstić information content (AvgIpc) is 3.17. The van der Waals surface area contributed by atoms with Crippen LogP contribution in [-0.2, 0) is 9.47 Å². The maximum atomic E-state index is 12.0. The van der Waals surface area contributed by atoms with Gasteiger partial charge in [-0.3, -0.25) is 0 Å². The lowest BCUT2D eigenvalue weighted by molar-refractivity contribution is 0.0601. The van der Waals surface area contributed by atoms with E-state index in [-0.39, 0.29) is 6.10 Å². The van der Waals surface area contributed by atoms with Gasteiger partial charge in [-0.1, -0.05) is 0 Å². The number of nitrogens with zero attached hydrogens (tertiary/aromatic N) is 4. The van der Waals surface area contributed by atoms with Crippen molar-refractivity contribution in [2.75, 3.05) is 37.9 Å². The van der Waals surface area contributed by atoms with E-state index < -0.39 is 5.97 Å². The van der Waals surface area contributed by atoms with Crippen LogP contribution >= 0.6 is 0 Å². The minimum Gasteiger partial charge on any atom is -0.465 e. The quantitative estimate of drug-likeness (QED) is 0.548. The Balaban J connectivity index is 1.85. The number of methoxy groups -OCH3 is 2. The molecule has 0 spiro atoms. The molecule has 146 valence electrons. The number of carbonyl (C=O) groups excluding carboxylic acids is 1. The normalized spacial score (nSPS) is 17.1. The SMILES string of the molecule is COC(=O)c1cc2c(N3CCCC(OC)C3)nc(-c3ccc(N)cc3)nn2c1. The molecule has 1 aliphatic rings. The number of nitrogens with two attached hydrogens (primary N) is 1. The van der Waals surface area contributed by atoms with Gasteiger partial charge < -0.3 is 20.1 Å². The van der Waals surface area contributed by atoms with Gasteiger partial charge in [-0.05, 0) is 43.2 Å². The summed E-state index contributed by atoms with van der Waals surface area (Å²) in [5.41, 5.74) is 8.53. The van der Waals surface area contributed by atoms with Crippen molar-refractivity contribution in [3.63, 3.8) is 0 Å². The molecule has 1 aromatic carbocycles. The van der Waals surface area contributed by atoms with Gasteiger partial charge >= 0.3 is 5.97 Å². The summed E-state index contributed by atoms with van der Waals surface area (Å²) in [6.07, 6.45) is 3.85. The maximum Gasteiger partial charge on any atom is 0.339 e. The molecule has 0 radical (unpaired) electrons. The van der Waals surface area contributed by atoms with Crippen LogP contribution in [0.15, 0.2) is 36.5 Å². The second-order valence-electron chi connectivity index (χ2n) is 6.88. The highest BCUT2D eigenvalue weighted by atomic mass is 16.5. The van der Waals surface area contributed by atoms with Crippen LogP contribution in [0.3, 0.4) is 0 Å². The van der Waals surface area contributed by atoms with E-state index in [9.17, 15) is 4.79 Å². The van der Waals surface area contributed by atoms with E-state index in [1.807, 2.05) is 24.3 Å². The number of aromatic nitrogens is 3. The van der Waals surface area contributed by atoms with Crippen LogP contribution in [0.25, 0.3) is 16.9 Å². The fourth-order valence-corrected chi connectivity index (χ4v) is 3.52. The fourth-order valence-electron chi connectivity index (χ4n) is 3.52. The molecule has 1 fully saturated rings. The van der Waals surface area contributed by atoms with Gasteiger partial charge in [-0.25, -0.2) is 14.3 Å². The summed E-state index contributed by atoms with van der Waals surface area (Å²) < 4.78 is 12.1. The monoisotopic (exact) mass is 381 g/mol. The van der Waals surface area contributed by atoms with Crippen molar-refractivity contribution < 1.29 is 14.3 Å². The first-order valence-electron chi connectivity index (χ1n) is 9.21. The van der Waals surface area contributed by atoms with E-state index in [0.29, 0.717) is 17.1 Å². The second kappa shape index (κ2) is 7.47. The number of benzene rings is 1. The van der Waals surface area contributed by atoms with E-state index in [2.05, 4.69) is 10.00 Å². The molecular formula is C20H23N5O3. The third kappa shape index (κ3) is 3.38. The smallest absolute Gasteiger partial charge is 0.339 e. The Bertz CT molecular complexity index is 999. The Labute approximate surface area is 162 Å². The number of fused-ring (bicyclic) bond motifs is 1. The average molecular weight is 381 g/mol. The number of hydrogen-bond donors (Lipinski definition) is 1.